The first-order valence-corrected chi connectivity index (χ1v) is 5.76. The van der Waals surface area contributed by atoms with Crippen LogP contribution in [-0.2, 0) is 13.0 Å². The molecule has 5 heteroatoms. The predicted octanol–water partition coefficient (Wildman–Crippen LogP) is 1.77. The molecule has 0 saturated carbocycles. The summed E-state index contributed by atoms with van der Waals surface area (Å²) >= 11 is 3.31. The predicted molar refractivity (Wildman–Crippen MR) is 56.9 cm³/mol. The fourth-order valence-electron chi connectivity index (χ4n) is 1.20. The highest BCUT2D eigenvalue weighted by Gasteiger charge is 2.11. The highest BCUT2D eigenvalue weighted by molar-refractivity contribution is 9.09. The third kappa shape index (κ3) is 2.81. The van der Waals surface area contributed by atoms with Gasteiger partial charge in [-0.05, 0) is 6.42 Å². The van der Waals surface area contributed by atoms with Crippen LogP contribution in [0.15, 0.2) is 6.33 Å². The summed E-state index contributed by atoms with van der Waals surface area (Å²) in [7, 11) is 0. The van der Waals surface area contributed by atoms with E-state index in [1.54, 1.807) is 6.33 Å². The van der Waals surface area contributed by atoms with E-state index in [1.165, 1.54) is 0 Å². The normalized spacial score (nSPS) is 12.4. The minimum absolute atomic E-state index is 0.0187. The number of nitrogens with zero attached hydrogens (tertiary/aromatic N) is 4. The van der Waals surface area contributed by atoms with Crippen LogP contribution >= 0.6 is 15.9 Å². The molecule has 14 heavy (non-hydrogen) atoms. The minimum atomic E-state index is -0.0187. The maximum atomic E-state index is 8.81. The summed E-state index contributed by atoms with van der Waals surface area (Å²) in [5.41, 5.74) is 0. The van der Waals surface area contributed by atoms with E-state index in [0.29, 0.717) is 11.8 Å². The maximum Gasteiger partial charge on any atom is 0.138 e. The standard InChI is InChI=1S/C9H13BrN4/c1-2-3-14-9(12-7-13-14)4-8(5-10)6-11/h7-8H,2-5H2,1H3. The van der Waals surface area contributed by atoms with Gasteiger partial charge in [0, 0.05) is 18.3 Å². The lowest BCUT2D eigenvalue weighted by atomic mass is 10.1. The molecular weight excluding hydrogens is 244 g/mol. The second-order valence-electron chi connectivity index (χ2n) is 3.08. The first-order valence-electron chi connectivity index (χ1n) is 4.64. The van der Waals surface area contributed by atoms with E-state index in [-0.39, 0.29) is 5.92 Å². The van der Waals surface area contributed by atoms with Gasteiger partial charge in [0.15, 0.2) is 0 Å². The van der Waals surface area contributed by atoms with Crippen LogP contribution in [0, 0.1) is 17.2 Å². The minimum Gasteiger partial charge on any atom is -0.250 e. The Morgan fingerprint density at radius 2 is 2.50 bits per heavy atom. The molecule has 0 aromatic carbocycles. The molecule has 0 fully saturated rings. The van der Waals surface area contributed by atoms with Crippen molar-refractivity contribution in [1.82, 2.24) is 14.8 Å². The van der Waals surface area contributed by atoms with Crippen molar-refractivity contribution in [1.29, 1.82) is 5.26 Å². The van der Waals surface area contributed by atoms with Crippen molar-refractivity contribution in [2.75, 3.05) is 5.33 Å². The van der Waals surface area contributed by atoms with Crippen molar-refractivity contribution in [3.8, 4) is 6.07 Å². The van der Waals surface area contributed by atoms with Crippen LogP contribution in [0.2, 0.25) is 0 Å². The molecule has 1 aromatic heterocycles. The molecule has 76 valence electrons. The highest BCUT2D eigenvalue weighted by atomic mass is 79.9. The second-order valence-corrected chi connectivity index (χ2v) is 3.73. The molecule has 1 unspecified atom stereocenters. The summed E-state index contributed by atoms with van der Waals surface area (Å²) < 4.78 is 1.87. The molecule has 1 atom stereocenters. The van der Waals surface area contributed by atoms with Crippen molar-refractivity contribution in [3.05, 3.63) is 12.2 Å². The number of aromatic nitrogens is 3. The van der Waals surface area contributed by atoms with Gasteiger partial charge in [-0.1, -0.05) is 22.9 Å². The molecule has 0 N–H and O–H groups in total. The number of nitriles is 1. The number of aryl methyl sites for hydroxylation is 1. The van der Waals surface area contributed by atoms with Crippen LogP contribution in [0.4, 0.5) is 0 Å². The molecule has 0 radical (unpaired) electrons. The summed E-state index contributed by atoms with van der Waals surface area (Å²) in [5, 5.41) is 13.6. The van der Waals surface area contributed by atoms with E-state index < -0.39 is 0 Å². The zero-order valence-corrected chi connectivity index (χ0v) is 9.74. The molecule has 0 aliphatic heterocycles. The lowest BCUT2D eigenvalue weighted by Crippen LogP contribution is -2.11. The van der Waals surface area contributed by atoms with Gasteiger partial charge >= 0.3 is 0 Å². The average Bonchev–Trinajstić information content (AvgIpc) is 2.62. The fraction of sp³-hybridized carbons (Fsp3) is 0.667. The average molecular weight is 257 g/mol. The monoisotopic (exact) mass is 256 g/mol. The Labute approximate surface area is 92.1 Å². The molecule has 0 bridgehead atoms. The summed E-state index contributed by atoms with van der Waals surface area (Å²) in [6, 6.07) is 2.23. The smallest absolute Gasteiger partial charge is 0.138 e. The van der Waals surface area contributed by atoms with E-state index in [4.69, 9.17) is 5.26 Å². The summed E-state index contributed by atoms with van der Waals surface area (Å²) in [5.74, 6) is 0.882. The van der Waals surface area contributed by atoms with Gasteiger partial charge in [-0.25, -0.2) is 4.98 Å². The van der Waals surface area contributed by atoms with Gasteiger partial charge in [-0.2, -0.15) is 10.4 Å². The molecule has 4 nitrogen and oxygen atoms in total. The van der Waals surface area contributed by atoms with Crippen molar-refractivity contribution in [3.63, 3.8) is 0 Å². The second kappa shape index (κ2) is 5.76. The molecule has 1 heterocycles. The lowest BCUT2D eigenvalue weighted by Gasteiger charge is -2.06. The van der Waals surface area contributed by atoms with Gasteiger partial charge < -0.3 is 0 Å². The summed E-state index contributed by atoms with van der Waals surface area (Å²) in [6.45, 7) is 2.97. The Balaban J connectivity index is 2.66. The first-order chi connectivity index (χ1) is 6.81. The third-order valence-corrected chi connectivity index (χ3v) is 2.71. The van der Waals surface area contributed by atoms with Gasteiger partial charge in [0.25, 0.3) is 0 Å². The maximum absolute atomic E-state index is 8.81. The number of hydrogen-bond acceptors (Lipinski definition) is 3. The Morgan fingerprint density at radius 3 is 3.07 bits per heavy atom. The van der Waals surface area contributed by atoms with Crippen LogP contribution in [0.3, 0.4) is 0 Å². The molecular formula is C9H13BrN4. The van der Waals surface area contributed by atoms with Crippen molar-refractivity contribution >= 4 is 15.9 Å². The zero-order valence-electron chi connectivity index (χ0n) is 8.15. The molecule has 0 aliphatic carbocycles. The highest BCUT2D eigenvalue weighted by Crippen LogP contribution is 2.08. The van der Waals surface area contributed by atoms with Crippen LogP contribution in [-0.4, -0.2) is 20.1 Å². The van der Waals surface area contributed by atoms with Gasteiger partial charge in [0.2, 0.25) is 0 Å². The Bertz CT molecular complexity index is 315. The first kappa shape index (κ1) is 11.2. The van der Waals surface area contributed by atoms with Gasteiger partial charge in [-0.15, -0.1) is 0 Å². The summed E-state index contributed by atoms with van der Waals surface area (Å²) in [6.07, 6.45) is 3.25. The topological polar surface area (TPSA) is 54.5 Å². The van der Waals surface area contributed by atoms with Crippen LogP contribution in [0.1, 0.15) is 19.2 Å². The van der Waals surface area contributed by atoms with E-state index in [9.17, 15) is 0 Å². The van der Waals surface area contributed by atoms with Gasteiger partial charge in [0.1, 0.15) is 12.2 Å². The van der Waals surface area contributed by atoms with Crippen LogP contribution < -0.4 is 0 Å². The largest absolute Gasteiger partial charge is 0.250 e. The number of halogens is 1. The molecule has 0 amide bonds. The quantitative estimate of drug-likeness (QED) is 0.755. The molecule has 1 rings (SSSR count). The Morgan fingerprint density at radius 1 is 1.71 bits per heavy atom. The molecule has 0 saturated heterocycles. The fourth-order valence-corrected chi connectivity index (χ4v) is 1.57. The van der Waals surface area contributed by atoms with Crippen LogP contribution in [0.5, 0.6) is 0 Å². The van der Waals surface area contributed by atoms with E-state index >= 15 is 0 Å². The lowest BCUT2D eigenvalue weighted by molar-refractivity contribution is 0.551. The van der Waals surface area contributed by atoms with Crippen molar-refractivity contribution in [2.24, 2.45) is 5.92 Å². The van der Waals surface area contributed by atoms with E-state index in [0.717, 1.165) is 18.8 Å². The number of rotatable bonds is 5. The van der Waals surface area contributed by atoms with Crippen molar-refractivity contribution in [2.45, 2.75) is 26.3 Å². The summed E-state index contributed by atoms with van der Waals surface area (Å²) in [4.78, 5) is 4.15. The Hall–Kier alpha value is -0.890. The van der Waals surface area contributed by atoms with Gasteiger partial charge in [-0.3, -0.25) is 4.68 Å². The van der Waals surface area contributed by atoms with Crippen LogP contribution in [0.25, 0.3) is 0 Å². The van der Waals surface area contributed by atoms with E-state index in [2.05, 4.69) is 39.0 Å². The SMILES string of the molecule is CCCn1ncnc1CC(C#N)CBr. The molecule has 1 aromatic rings. The third-order valence-electron chi connectivity index (χ3n) is 1.93. The number of hydrogen-bond donors (Lipinski definition) is 0. The zero-order chi connectivity index (χ0) is 10.4. The Kier molecular flexibility index (Phi) is 4.60. The molecule has 0 aliphatic rings. The molecule has 0 spiro atoms. The van der Waals surface area contributed by atoms with E-state index in [1.807, 2.05) is 4.68 Å². The number of alkyl halides is 1. The van der Waals surface area contributed by atoms with Gasteiger partial charge in [0.05, 0.1) is 12.0 Å². The van der Waals surface area contributed by atoms with Crippen molar-refractivity contribution < 1.29 is 0 Å².